The SMILES string of the molecule is CCC1CCC(Nc2nc(NC)nc(OC)n2)C1C. The Bertz CT molecular complexity index is 403. The van der Waals surface area contributed by atoms with Gasteiger partial charge in [0.05, 0.1) is 7.11 Å². The molecule has 0 aromatic carbocycles. The van der Waals surface area contributed by atoms with Crippen molar-refractivity contribution in [1.82, 2.24) is 15.0 Å². The molecule has 0 saturated heterocycles. The van der Waals surface area contributed by atoms with E-state index in [4.69, 9.17) is 4.74 Å². The molecule has 2 rings (SSSR count). The summed E-state index contributed by atoms with van der Waals surface area (Å²) in [6.07, 6.45) is 3.68. The summed E-state index contributed by atoms with van der Waals surface area (Å²) in [5.41, 5.74) is 0. The molecule has 2 N–H and O–H groups in total. The van der Waals surface area contributed by atoms with Crippen LogP contribution >= 0.6 is 0 Å². The van der Waals surface area contributed by atoms with E-state index in [1.165, 1.54) is 19.3 Å². The van der Waals surface area contributed by atoms with Crippen LogP contribution in [0, 0.1) is 11.8 Å². The van der Waals surface area contributed by atoms with Crippen molar-refractivity contribution >= 4 is 11.9 Å². The summed E-state index contributed by atoms with van der Waals surface area (Å²) in [5, 5.41) is 6.34. The van der Waals surface area contributed by atoms with Crippen molar-refractivity contribution < 1.29 is 4.74 Å². The van der Waals surface area contributed by atoms with Crippen LogP contribution in [-0.2, 0) is 0 Å². The Morgan fingerprint density at radius 3 is 2.53 bits per heavy atom. The molecule has 1 aromatic rings. The molecule has 1 heterocycles. The number of nitrogens with one attached hydrogen (secondary N) is 2. The number of hydrogen-bond acceptors (Lipinski definition) is 6. The van der Waals surface area contributed by atoms with Gasteiger partial charge in [-0.15, -0.1) is 0 Å². The molecule has 106 valence electrons. The summed E-state index contributed by atoms with van der Waals surface area (Å²) in [5.74, 6) is 2.55. The van der Waals surface area contributed by atoms with Crippen LogP contribution in [0.4, 0.5) is 11.9 Å². The van der Waals surface area contributed by atoms with Gasteiger partial charge in [-0.05, 0) is 24.7 Å². The second-order valence-corrected chi connectivity index (χ2v) is 5.07. The van der Waals surface area contributed by atoms with Gasteiger partial charge in [0.2, 0.25) is 11.9 Å². The van der Waals surface area contributed by atoms with Gasteiger partial charge < -0.3 is 15.4 Å². The van der Waals surface area contributed by atoms with E-state index in [0.29, 0.717) is 29.9 Å². The highest BCUT2D eigenvalue weighted by atomic mass is 16.5. The summed E-state index contributed by atoms with van der Waals surface area (Å²) in [7, 11) is 3.34. The Morgan fingerprint density at radius 2 is 1.95 bits per heavy atom. The second kappa shape index (κ2) is 6.04. The van der Waals surface area contributed by atoms with Gasteiger partial charge in [0, 0.05) is 13.1 Å². The van der Waals surface area contributed by atoms with Gasteiger partial charge in [0.1, 0.15) is 0 Å². The van der Waals surface area contributed by atoms with Crippen LogP contribution < -0.4 is 15.4 Å². The third kappa shape index (κ3) is 3.05. The van der Waals surface area contributed by atoms with E-state index < -0.39 is 0 Å². The number of ether oxygens (including phenoxy) is 1. The maximum Gasteiger partial charge on any atom is 0.322 e. The molecule has 1 aromatic heterocycles. The number of rotatable bonds is 5. The average Bonchev–Trinajstić information content (AvgIpc) is 2.79. The van der Waals surface area contributed by atoms with Crippen molar-refractivity contribution in [2.75, 3.05) is 24.8 Å². The highest BCUT2D eigenvalue weighted by Crippen LogP contribution is 2.35. The van der Waals surface area contributed by atoms with Gasteiger partial charge in [0.15, 0.2) is 0 Å². The Labute approximate surface area is 114 Å². The zero-order valence-corrected chi connectivity index (χ0v) is 12.1. The molecule has 0 spiro atoms. The van der Waals surface area contributed by atoms with E-state index in [2.05, 4.69) is 39.4 Å². The van der Waals surface area contributed by atoms with Crippen molar-refractivity contribution in [2.45, 2.75) is 39.2 Å². The van der Waals surface area contributed by atoms with Crippen molar-refractivity contribution in [3.8, 4) is 6.01 Å². The monoisotopic (exact) mass is 265 g/mol. The highest BCUT2D eigenvalue weighted by molar-refractivity contribution is 5.36. The number of nitrogens with zero attached hydrogens (tertiary/aromatic N) is 3. The molecule has 6 nitrogen and oxygen atoms in total. The second-order valence-electron chi connectivity index (χ2n) is 5.07. The molecule has 0 amide bonds. The molecule has 0 bridgehead atoms. The fourth-order valence-corrected chi connectivity index (χ4v) is 2.82. The van der Waals surface area contributed by atoms with Gasteiger partial charge in [0.25, 0.3) is 0 Å². The van der Waals surface area contributed by atoms with Crippen LogP contribution in [0.1, 0.15) is 33.1 Å². The lowest BCUT2D eigenvalue weighted by molar-refractivity contribution is 0.377. The Balaban J connectivity index is 2.10. The molecule has 0 radical (unpaired) electrons. The fourth-order valence-electron chi connectivity index (χ4n) is 2.82. The maximum atomic E-state index is 5.09. The van der Waals surface area contributed by atoms with E-state index in [1.54, 1.807) is 14.2 Å². The summed E-state index contributed by atoms with van der Waals surface area (Å²) in [6, 6.07) is 0.765. The standard InChI is InChI=1S/C13H23N5O/c1-5-9-6-7-10(8(9)2)15-12-16-11(14-3)17-13(18-12)19-4/h8-10H,5-7H2,1-4H3,(H2,14,15,16,17,18). The molecule has 0 aliphatic heterocycles. The molecule has 1 saturated carbocycles. The Kier molecular flexibility index (Phi) is 4.39. The quantitative estimate of drug-likeness (QED) is 0.850. The van der Waals surface area contributed by atoms with Crippen LogP contribution in [-0.4, -0.2) is 35.2 Å². The zero-order chi connectivity index (χ0) is 13.8. The first-order valence-electron chi connectivity index (χ1n) is 6.92. The minimum atomic E-state index is 0.333. The van der Waals surface area contributed by atoms with Crippen LogP contribution in [0.3, 0.4) is 0 Å². The predicted molar refractivity (Wildman–Crippen MR) is 75.5 cm³/mol. The van der Waals surface area contributed by atoms with Gasteiger partial charge in [-0.1, -0.05) is 20.3 Å². The van der Waals surface area contributed by atoms with E-state index >= 15 is 0 Å². The number of methoxy groups -OCH3 is 1. The topological polar surface area (TPSA) is 72.0 Å². The first-order chi connectivity index (χ1) is 9.17. The molecule has 6 heteroatoms. The summed E-state index contributed by atoms with van der Waals surface area (Å²) >= 11 is 0. The lowest BCUT2D eigenvalue weighted by atomic mass is 9.94. The minimum Gasteiger partial charge on any atom is -0.467 e. The van der Waals surface area contributed by atoms with Crippen LogP contribution in [0.2, 0.25) is 0 Å². The van der Waals surface area contributed by atoms with E-state index in [-0.39, 0.29) is 0 Å². The third-order valence-corrected chi connectivity index (χ3v) is 4.09. The summed E-state index contributed by atoms with van der Waals surface area (Å²) in [4.78, 5) is 12.7. The normalized spacial score (nSPS) is 26.2. The molecule has 3 unspecified atom stereocenters. The van der Waals surface area contributed by atoms with Crippen molar-refractivity contribution in [3.63, 3.8) is 0 Å². The Morgan fingerprint density at radius 1 is 1.21 bits per heavy atom. The summed E-state index contributed by atoms with van der Waals surface area (Å²) in [6.45, 7) is 4.56. The lowest BCUT2D eigenvalue weighted by Gasteiger charge is -2.21. The molecule has 1 aliphatic carbocycles. The average molecular weight is 265 g/mol. The van der Waals surface area contributed by atoms with Crippen LogP contribution in [0.15, 0.2) is 0 Å². The predicted octanol–water partition coefficient (Wildman–Crippen LogP) is 2.16. The van der Waals surface area contributed by atoms with Crippen LogP contribution in [0.25, 0.3) is 0 Å². The largest absolute Gasteiger partial charge is 0.467 e. The highest BCUT2D eigenvalue weighted by Gasteiger charge is 2.32. The Hall–Kier alpha value is -1.59. The molecule has 1 fully saturated rings. The molecule has 1 aliphatic rings. The first-order valence-corrected chi connectivity index (χ1v) is 6.92. The van der Waals surface area contributed by atoms with Crippen molar-refractivity contribution in [1.29, 1.82) is 0 Å². The molecular weight excluding hydrogens is 242 g/mol. The number of anilines is 2. The minimum absolute atomic E-state index is 0.333. The smallest absolute Gasteiger partial charge is 0.322 e. The van der Waals surface area contributed by atoms with Gasteiger partial charge in [-0.25, -0.2) is 0 Å². The summed E-state index contributed by atoms with van der Waals surface area (Å²) < 4.78 is 5.09. The van der Waals surface area contributed by atoms with E-state index in [0.717, 1.165) is 5.92 Å². The lowest BCUT2D eigenvalue weighted by Crippen LogP contribution is -2.26. The fraction of sp³-hybridized carbons (Fsp3) is 0.769. The zero-order valence-electron chi connectivity index (χ0n) is 12.1. The third-order valence-electron chi connectivity index (χ3n) is 4.09. The van der Waals surface area contributed by atoms with E-state index in [1.807, 2.05) is 0 Å². The van der Waals surface area contributed by atoms with Crippen molar-refractivity contribution in [3.05, 3.63) is 0 Å². The van der Waals surface area contributed by atoms with Gasteiger partial charge in [-0.3, -0.25) is 0 Å². The van der Waals surface area contributed by atoms with Crippen molar-refractivity contribution in [2.24, 2.45) is 11.8 Å². The molecule has 3 atom stereocenters. The molecular formula is C13H23N5O. The van der Waals surface area contributed by atoms with Gasteiger partial charge >= 0.3 is 6.01 Å². The van der Waals surface area contributed by atoms with Gasteiger partial charge in [-0.2, -0.15) is 15.0 Å². The molecule has 19 heavy (non-hydrogen) atoms. The van der Waals surface area contributed by atoms with E-state index in [9.17, 15) is 0 Å². The number of aromatic nitrogens is 3. The maximum absolute atomic E-state index is 5.09. The van der Waals surface area contributed by atoms with Crippen LogP contribution in [0.5, 0.6) is 6.01 Å². The first kappa shape index (κ1) is 13.8. The number of hydrogen-bond donors (Lipinski definition) is 2.